The van der Waals surface area contributed by atoms with Crippen LogP contribution in [0.3, 0.4) is 0 Å². The quantitative estimate of drug-likeness (QED) is 0.230. The Bertz CT molecular complexity index is 1580. The van der Waals surface area contributed by atoms with Gasteiger partial charge in [-0.2, -0.15) is 4.99 Å². The molecule has 1 aliphatic heterocycles. The predicted molar refractivity (Wildman–Crippen MR) is 163 cm³/mol. The highest BCUT2D eigenvalue weighted by atomic mass is 32.2. The maximum atomic E-state index is 12.7. The van der Waals surface area contributed by atoms with E-state index in [0.29, 0.717) is 11.5 Å². The van der Waals surface area contributed by atoms with Gasteiger partial charge in [0.05, 0.1) is 5.69 Å². The standard InChI is InChI=1S/C31H31F3N6O2S/c1-20-5-4-6-21(2)27(20)39-17-18-43-30(39)37-29(41)36-22(3)7-8-23-9-11-24(12-10-23)28-35-19-40(38-28)25-13-15-26(16-14-25)42-31(32,33)34/h4-6,9-16,19,22H,7-8,17-18H2,1-3H3,(H,36,41)/b37-30-. The van der Waals surface area contributed by atoms with Crippen LogP contribution in [0.15, 0.2) is 78.0 Å². The number of nitrogens with zero attached hydrogens (tertiary/aromatic N) is 5. The third-order valence-electron chi connectivity index (χ3n) is 6.96. The van der Waals surface area contributed by atoms with Crippen molar-refractivity contribution >= 4 is 28.6 Å². The minimum absolute atomic E-state index is 0.0677. The van der Waals surface area contributed by atoms with Crippen molar-refractivity contribution in [2.75, 3.05) is 17.2 Å². The zero-order valence-electron chi connectivity index (χ0n) is 23.9. The molecule has 43 heavy (non-hydrogen) atoms. The number of benzene rings is 3. The molecule has 5 rings (SSSR count). The van der Waals surface area contributed by atoms with E-state index in [0.717, 1.165) is 58.2 Å². The first-order valence-electron chi connectivity index (χ1n) is 13.8. The second kappa shape index (κ2) is 12.9. The van der Waals surface area contributed by atoms with Gasteiger partial charge >= 0.3 is 12.4 Å². The van der Waals surface area contributed by atoms with E-state index in [2.05, 4.69) is 56.0 Å². The van der Waals surface area contributed by atoms with Gasteiger partial charge in [0, 0.05) is 29.6 Å². The van der Waals surface area contributed by atoms with Crippen LogP contribution in [0.4, 0.5) is 23.7 Å². The molecule has 0 bridgehead atoms. The molecule has 224 valence electrons. The van der Waals surface area contributed by atoms with Crippen molar-refractivity contribution in [3.63, 3.8) is 0 Å². The predicted octanol–water partition coefficient (Wildman–Crippen LogP) is 7.09. The Hall–Kier alpha value is -4.32. The summed E-state index contributed by atoms with van der Waals surface area (Å²) in [7, 11) is 0. The molecule has 8 nitrogen and oxygen atoms in total. The Kier molecular flexibility index (Phi) is 9.05. The fraction of sp³-hybridized carbons (Fsp3) is 0.290. The molecule has 2 amide bonds. The molecule has 1 aliphatic rings. The molecule has 1 fully saturated rings. The van der Waals surface area contributed by atoms with Crippen LogP contribution in [-0.4, -0.2) is 50.7 Å². The average molecular weight is 609 g/mol. The summed E-state index contributed by atoms with van der Waals surface area (Å²) in [5.41, 5.74) is 5.89. The first kappa shape index (κ1) is 30.1. The molecular weight excluding hydrogens is 577 g/mol. The molecule has 2 heterocycles. The minimum Gasteiger partial charge on any atom is -0.406 e. The summed E-state index contributed by atoms with van der Waals surface area (Å²) in [5, 5.41) is 8.16. The smallest absolute Gasteiger partial charge is 0.406 e. The second-order valence-electron chi connectivity index (χ2n) is 10.3. The Morgan fingerprint density at radius 2 is 1.77 bits per heavy atom. The number of para-hydroxylation sites is 1. The number of urea groups is 1. The van der Waals surface area contributed by atoms with E-state index >= 15 is 0 Å². The van der Waals surface area contributed by atoms with Gasteiger partial charge in [-0.1, -0.05) is 54.2 Å². The molecular formula is C31H31F3N6O2S. The number of amidine groups is 1. The fourth-order valence-electron chi connectivity index (χ4n) is 4.86. The largest absolute Gasteiger partial charge is 0.573 e. The zero-order valence-corrected chi connectivity index (χ0v) is 24.7. The van der Waals surface area contributed by atoms with Crippen molar-refractivity contribution in [2.24, 2.45) is 4.99 Å². The van der Waals surface area contributed by atoms with Crippen molar-refractivity contribution in [1.29, 1.82) is 0 Å². The lowest BCUT2D eigenvalue weighted by atomic mass is 10.0. The van der Waals surface area contributed by atoms with Crippen LogP contribution in [0.1, 0.15) is 30.0 Å². The summed E-state index contributed by atoms with van der Waals surface area (Å²) in [6.45, 7) is 6.93. The number of halogens is 3. The topological polar surface area (TPSA) is 84.6 Å². The van der Waals surface area contributed by atoms with E-state index in [-0.39, 0.29) is 17.8 Å². The lowest BCUT2D eigenvalue weighted by Crippen LogP contribution is -2.33. The van der Waals surface area contributed by atoms with Crippen molar-refractivity contribution < 1.29 is 22.7 Å². The molecule has 1 unspecified atom stereocenters. The van der Waals surface area contributed by atoms with Gasteiger partial charge < -0.3 is 15.0 Å². The number of hydrogen-bond donors (Lipinski definition) is 1. The van der Waals surface area contributed by atoms with Crippen molar-refractivity contribution in [1.82, 2.24) is 20.1 Å². The molecule has 3 aromatic carbocycles. The monoisotopic (exact) mass is 608 g/mol. The summed E-state index contributed by atoms with van der Waals surface area (Å²) in [5.74, 6) is 1.07. The Balaban J connectivity index is 1.14. The molecule has 1 atom stereocenters. The van der Waals surface area contributed by atoms with E-state index in [1.807, 2.05) is 37.3 Å². The Labute approximate surface area is 252 Å². The van der Waals surface area contributed by atoms with Crippen molar-refractivity contribution in [3.8, 4) is 22.8 Å². The van der Waals surface area contributed by atoms with Crippen molar-refractivity contribution in [2.45, 2.75) is 46.0 Å². The first-order chi connectivity index (χ1) is 20.6. The number of carbonyl (C=O) groups is 1. The number of anilines is 1. The van der Waals surface area contributed by atoms with E-state index in [1.54, 1.807) is 11.8 Å². The third kappa shape index (κ3) is 7.75. The van der Waals surface area contributed by atoms with Crippen LogP contribution in [0.5, 0.6) is 5.75 Å². The zero-order chi connectivity index (χ0) is 30.6. The number of carbonyl (C=O) groups excluding carboxylic acids is 1. The lowest BCUT2D eigenvalue weighted by molar-refractivity contribution is -0.274. The Morgan fingerprint density at radius 3 is 2.44 bits per heavy atom. The number of alkyl halides is 3. The van der Waals surface area contributed by atoms with Crippen molar-refractivity contribution in [3.05, 3.63) is 89.7 Å². The van der Waals surface area contributed by atoms with Gasteiger partial charge in [-0.05, 0) is 74.6 Å². The van der Waals surface area contributed by atoms with E-state index < -0.39 is 6.36 Å². The average Bonchev–Trinajstić information content (AvgIpc) is 3.62. The van der Waals surface area contributed by atoms with Crippen LogP contribution >= 0.6 is 11.8 Å². The SMILES string of the molecule is Cc1cccc(C)c1N1CCS/C1=N\C(=O)NC(C)CCc1ccc(-c2ncn(-c3ccc(OC(F)(F)F)cc3)n2)cc1. The number of aromatic nitrogens is 3. The summed E-state index contributed by atoms with van der Waals surface area (Å²) < 4.78 is 42.6. The van der Waals surface area contributed by atoms with Gasteiger partial charge in [0.25, 0.3) is 0 Å². The highest BCUT2D eigenvalue weighted by Gasteiger charge is 2.31. The molecule has 0 radical (unpaired) electrons. The van der Waals surface area contributed by atoms with Gasteiger partial charge in [0.1, 0.15) is 12.1 Å². The summed E-state index contributed by atoms with van der Waals surface area (Å²) in [4.78, 5) is 23.6. The van der Waals surface area contributed by atoms with Gasteiger partial charge in [-0.3, -0.25) is 0 Å². The van der Waals surface area contributed by atoms with Gasteiger partial charge in [0.15, 0.2) is 11.0 Å². The maximum Gasteiger partial charge on any atom is 0.573 e. The fourth-order valence-corrected chi connectivity index (χ4v) is 5.80. The molecule has 1 N–H and O–H groups in total. The third-order valence-corrected chi connectivity index (χ3v) is 7.91. The van der Waals surface area contributed by atoms with Gasteiger partial charge in [-0.25, -0.2) is 14.5 Å². The Morgan fingerprint density at radius 1 is 1.07 bits per heavy atom. The summed E-state index contributed by atoms with van der Waals surface area (Å²) >= 11 is 1.59. The normalized spacial score (nSPS) is 15.1. The number of nitrogens with one attached hydrogen (secondary N) is 1. The van der Waals surface area contributed by atoms with Crippen LogP contribution in [0.2, 0.25) is 0 Å². The van der Waals surface area contributed by atoms with E-state index in [1.165, 1.54) is 35.3 Å². The van der Waals surface area contributed by atoms with Gasteiger partial charge in [0.2, 0.25) is 0 Å². The van der Waals surface area contributed by atoms with Gasteiger partial charge in [-0.15, -0.1) is 18.3 Å². The molecule has 0 spiro atoms. The number of hydrogen-bond acceptors (Lipinski definition) is 5. The lowest BCUT2D eigenvalue weighted by Gasteiger charge is -2.22. The molecule has 4 aromatic rings. The van der Waals surface area contributed by atoms with Crippen LogP contribution in [-0.2, 0) is 6.42 Å². The number of thioether (sulfide) groups is 1. The number of aryl methyl sites for hydroxylation is 3. The molecule has 1 aromatic heterocycles. The summed E-state index contributed by atoms with van der Waals surface area (Å²) in [6.07, 6.45) is -1.74. The highest BCUT2D eigenvalue weighted by molar-refractivity contribution is 8.14. The molecule has 12 heteroatoms. The molecule has 1 saturated heterocycles. The molecule has 0 aliphatic carbocycles. The highest BCUT2D eigenvalue weighted by Crippen LogP contribution is 2.31. The number of aliphatic imine (C=N–C) groups is 1. The van der Waals surface area contributed by atoms with Crippen LogP contribution in [0, 0.1) is 13.8 Å². The van der Waals surface area contributed by atoms with Crippen LogP contribution in [0.25, 0.3) is 17.1 Å². The summed E-state index contributed by atoms with van der Waals surface area (Å²) in [6, 6.07) is 19.0. The van der Waals surface area contributed by atoms with E-state index in [4.69, 9.17) is 0 Å². The molecule has 0 saturated carbocycles. The maximum absolute atomic E-state index is 12.7. The number of amides is 2. The van der Waals surface area contributed by atoms with E-state index in [9.17, 15) is 18.0 Å². The first-order valence-corrected chi connectivity index (χ1v) is 14.8. The number of ether oxygens (including phenoxy) is 1. The minimum atomic E-state index is -4.74. The van der Waals surface area contributed by atoms with Crippen LogP contribution < -0.4 is 15.0 Å². The number of rotatable bonds is 8. The second-order valence-corrected chi connectivity index (χ2v) is 11.3.